The number of benzene rings is 3. The van der Waals surface area contributed by atoms with Gasteiger partial charge < -0.3 is 10.2 Å². The molecule has 6 nitrogen and oxygen atoms in total. The van der Waals surface area contributed by atoms with Gasteiger partial charge in [0.25, 0.3) is 0 Å². The first kappa shape index (κ1) is 21.7. The maximum Gasteiger partial charge on any atom is 0.240 e. The van der Waals surface area contributed by atoms with Crippen LogP contribution in [0, 0.1) is 0 Å². The summed E-state index contributed by atoms with van der Waals surface area (Å²) in [4.78, 5) is 15.2. The van der Waals surface area contributed by atoms with Gasteiger partial charge in [-0.2, -0.15) is 0 Å². The van der Waals surface area contributed by atoms with Gasteiger partial charge in [0.2, 0.25) is 15.9 Å². The molecule has 1 aliphatic heterocycles. The van der Waals surface area contributed by atoms with Crippen molar-refractivity contribution in [2.24, 2.45) is 0 Å². The number of hydrogen-bond donors (Lipinski definition) is 2. The second-order valence-corrected chi connectivity index (χ2v) is 10.3. The number of sulfonamides is 1. The van der Waals surface area contributed by atoms with Crippen LogP contribution in [0.4, 0.5) is 17.1 Å². The molecule has 2 N–H and O–H groups in total. The predicted octanol–water partition coefficient (Wildman–Crippen LogP) is 4.39. The molecule has 0 aromatic heterocycles. The summed E-state index contributed by atoms with van der Waals surface area (Å²) in [5.41, 5.74) is 5.22. The lowest BCUT2D eigenvalue weighted by Crippen LogP contribution is -2.25. The molecule has 33 heavy (non-hydrogen) atoms. The SMILES string of the molecule is O=C(CCc1ccc(S(=O)(=O)NC2CC2)cc1)Nc1ccccc1N1CCc2ccccc21. The quantitative estimate of drug-likeness (QED) is 0.521. The van der Waals surface area contributed by atoms with Gasteiger partial charge in [-0.05, 0) is 67.1 Å². The number of fused-ring (bicyclic) bond motifs is 1. The van der Waals surface area contributed by atoms with Crippen LogP contribution in [0.1, 0.15) is 30.4 Å². The third-order valence-electron chi connectivity index (χ3n) is 6.13. The third-order valence-corrected chi connectivity index (χ3v) is 7.67. The van der Waals surface area contributed by atoms with Gasteiger partial charge in [-0.25, -0.2) is 13.1 Å². The summed E-state index contributed by atoms with van der Waals surface area (Å²) in [7, 11) is -3.45. The van der Waals surface area contributed by atoms with E-state index in [1.165, 1.54) is 11.3 Å². The Morgan fingerprint density at radius 1 is 0.909 bits per heavy atom. The number of carbonyl (C=O) groups is 1. The number of nitrogens with zero attached hydrogens (tertiary/aromatic N) is 1. The van der Waals surface area contributed by atoms with Crippen LogP contribution in [0.15, 0.2) is 77.7 Å². The van der Waals surface area contributed by atoms with E-state index in [1.54, 1.807) is 24.3 Å². The maximum atomic E-state index is 12.7. The first-order valence-corrected chi connectivity index (χ1v) is 12.8. The van der Waals surface area contributed by atoms with Crippen molar-refractivity contribution in [3.63, 3.8) is 0 Å². The maximum absolute atomic E-state index is 12.7. The first-order valence-electron chi connectivity index (χ1n) is 11.4. The van der Waals surface area contributed by atoms with E-state index in [-0.39, 0.29) is 16.8 Å². The average molecular weight is 462 g/mol. The van der Waals surface area contributed by atoms with Gasteiger partial charge in [0.1, 0.15) is 0 Å². The number of hydrogen-bond acceptors (Lipinski definition) is 4. The molecule has 1 fully saturated rings. The minimum Gasteiger partial charge on any atom is -0.339 e. The lowest BCUT2D eigenvalue weighted by atomic mass is 10.1. The molecule has 0 radical (unpaired) electrons. The van der Waals surface area contributed by atoms with E-state index >= 15 is 0 Å². The highest BCUT2D eigenvalue weighted by Gasteiger charge is 2.28. The van der Waals surface area contributed by atoms with Crippen molar-refractivity contribution in [3.8, 4) is 0 Å². The molecule has 0 atom stereocenters. The molecule has 170 valence electrons. The van der Waals surface area contributed by atoms with E-state index in [0.29, 0.717) is 12.8 Å². The van der Waals surface area contributed by atoms with Gasteiger partial charge >= 0.3 is 0 Å². The van der Waals surface area contributed by atoms with Gasteiger partial charge in [-0.1, -0.05) is 42.5 Å². The van der Waals surface area contributed by atoms with Crippen molar-refractivity contribution < 1.29 is 13.2 Å². The van der Waals surface area contributed by atoms with Crippen LogP contribution in [0.5, 0.6) is 0 Å². The average Bonchev–Trinajstić information content (AvgIpc) is 3.52. The molecule has 3 aromatic carbocycles. The van der Waals surface area contributed by atoms with Crippen LogP contribution in [-0.2, 0) is 27.7 Å². The van der Waals surface area contributed by atoms with Crippen molar-refractivity contribution in [2.75, 3.05) is 16.8 Å². The number of carbonyl (C=O) groups excluding carboxylic acids is 1. The van der Waals surface area contributed by atoms with Crippen LogP contribution in [0.2, 0.25) is 0 Å². The molecule has 2 aliphatic rings. The summed E-state index contributed by atoms with van der Waals surface area (Å²) in [5.74, 6) is -0.0676. The van der Waals surface area contributed by atoms with Crippen molar-refractivity contribution in [3.05, 3.63) is 83.9 Å². The number of nitrogens with one attached hydrogen (secondary N) is 2. The van der Waals surface area contributed by atoms with E-state index in [1.807, 2.05) is 30.3 Å². The molecule has 0 saturated heterocycles. The largest absolute Gasteiger partial charge is 0.339 e. The summed E-state index contributed by atoms with van der Waals surface area (Å²) in [6.45, 7) is 0.886. The number of anilines is 3. The predicted molar refractivity (Wildman–Crippen MR) is 130 cm³/mol. The fourth-order valence-electron chi connectivity index (χ4n) is 4.20. The standard InChI is InChI=1S/C26H27N3O3S/c30-26(16-11-19-9-14-22(15-10-19)33(31,32)28-21-12-13-21)27-23-6-2-4-8-25(23)29-18-17-20-5-1-3-7-24(20)29/h1-10,14-15,21,28H,11-13,16-18H2,(H,27,30). The van der Waals surface area contributed by atoms with Crippen molar-refractivity contribution in [2.45, 2.75) is 43.0 Å². The van der Waals surface area contributed by atoms with Crippen molar-refractivity contribution >= 4 is 33.0 Å². The van der Waals surface area contributed by atoms with Gasteiger partial charge in [-0.3, -0.25) is 4.79 Å². The minimum absolute atomic E-state index is 0.0676. The zero-order chi connectivity index (χ0) is 22.8. The molecule has 0 bridgehead atoms. The molecule has 0 spiro atoms. The summed E-state index contributed by atoms with van der Waals surface area (Å²) in [6.07, 6.45) is 3.65. The van der Waals surface area contributed by atoms with Crippen molar-refractivity contribution in [1.82, 2.24) is 4.72 Å². The van der Waals surface area contributed by atoms with E-state index in [9.17, 15) is 13.2 Å². The van der Waals surface area contributed by atoms with Crippen LogP contribution >= 0.6 is 0 Å². The zero-order valence-electron chi connectivity index (χ0n) is 18.3. The highest BCUT2D eigenvalue weighted by molar-refractivity contribution is 7.89. The van der Waals surface area contributed by atoms with Crippen LogP contribution in [-0.4, -0.2) is 26.9 Å². The zero-order valence-corrected chi connectivity index (χ0v) is 19.1. The van der Waals surface area contributed by atoms with E-state index in [4.69, 9.17) is 0 Å². The first-order chi connectivity index (χ1) is 16.0. The molecule has 1 saturated carbocycles. The summed E-state index contributed by atoms with van der Waals surface area (Å²) in [6, 6.07) is 23.1. The Bertz CT molecular complexity index is 1270. The highest BCUT2D eigenvalue weighted by Crippen LogP contribution is 2.38. The number of amides is 1. The van der Waals surface area contributed by atoms with Crippen LogP contribution in [0.3, 0.4) is 0 Å². The molecule has 1 amide bonds. The Labute approximate surface area is 194 Å². The molecular formula is C26H27N3O3S. The second-order valence-electron chi connectivity index (χ2n) is 8.64. The smallest absolute Gasteiger partial charge is 0.240 e. The minimum atomic E-state index is -3.45. The number of aryl methyl sites for hydroxylation is 1. The lowest BCUT2D eigenvalue weighted by molar-refractivity contribution is -0.116. The van der Waals surface area contributed by atoms with Gasteiger partial charge in [-0.15, -0.1) is 0 Å². The Morgan fingerprint density at radius 2 is 1.61 bits per heavy atom. The highest BCUT2D eigenvalue weighted by atomic mass is 32.2. The Balaban J connectivity index is 1.22. The van der Waals surface area contributed by atoms with Gasteiger partial charge in [0, 0.05) is 24.7 Å². The fraction of sp³-hybridized carbons (Fsp3) is 0.269. The normalized spacial score (nSPS) is 15.3. The van der Waals surface area contributed by atoms with Crippen molar-refractivity contribution in [1.29, 1.82) is 0 Å². The molecule has 0 unspecified atom stereocenters. The van der Waals surface area contributed by atoms with Gasteiger partial charge in [0.05, 0.1) is 16.3 Å². The lowest BCUT2D eigenvalue weighted by Gasteiger charge is -2.23. The van der Waals surface area contributed by atoms with Gasteiger partial charge in [0.15, 0.2) is 0 Å². The molecule has 1 heterocycles. The number of rotatable bonds is 8. The van der Waals surface area contributed by atoms with E-state index in [2.05, 4.69) is 33.1 Å². The summed E-state index contributed by atoms with van der Waals surface area (Å²) < 4.78 is 27.3. The third kappa shape index (κ3) is 4.94. The van der Waals surface area contributed by atoms with Crippen LogP contribution in [0.25, 0.3) is 0 Å². The topological polar surface area (TPSA) is 78.5 Å². The second kappa shape index (κ2) is 9.00. The Morgan fingerprint density at radius 3 is 2.36 bits per heavy atom. The summed E-state index contributed by atoms with van der Waals surface area (Å²) >= 11 is 0. The Hall–Kier alpha value is -3.16. The molecular weight excluding hydrogens is 434 g/mol. The molecule has 1 aliphatic carbocycles. The summed E-state index contributed by atoms with van der Waals surface area (Å²) in [5, 5.41) is 3.07. The fourth-order valence-corrected chi connectivity index (χ4v) is 5.50. The van der Waals surface area contributed by atoms with Crippen LogP contribution < -0.4 is 14.9 Å². The number of para-hydroxylation sites is 3. The molecule has 5 rings (SSSR count). The molecule has 7 heteroatoms. The van der Waals surface area contributed by atoms with E-state index in [0.717, 1.165) is 42.7 Å². The monoisotopic (exact) mass is 461 g/mol. The molecule has 3 aromatic rings. The van der Waals surface area contributed by atoms with E-state index < -0.39 is 10.0 Å². The Kier molecular flexibility index (Phi) is 5.91.